The van der Waals surface area contributed by atoms with Crippen molar-refractivity contribution in [3.63, 3.8) is 0 Å². The van der Waals surface area contributed by atoms with E-state index in [1.807, 2.05) is 6.07 Å². The van der Waals surface area contributed by atoms with Gasteiger partial charge in [-0.05, 0) is 12.1 Å². The molecule has 0 saturated heterocycles. The number of imide groups is 1. The van der Waals surface area contributed by atoms with E-state index in [0.29, 0.717) is 16.7 Å². The fraction of sp³-hybridized carbons (Fsp3) is 0.158. The first-order chi connectivity index (χ1) is 11.6. The number of hydrogen-bond donors (Lipinski definition) is 0. The summed E-state index contributed by atoms with van der Waals surface area (Å²) in [6.45, 7) is -0.297. The van der Waals surface area contributed by atoms with E-state index >= 15 is 0 Å². The Kier molecular flexibility index (Phi) is 4.33. The number of carbonyl (C=O) groups is 4. The Labute approximate surface area is 138 Å². The second kappa shape index (κ2) is 6.58. The van der Waals surface area contributed by atoms with Crippen molar-refractivity contribution in [3.8, 4) is 0 Å². The zero-order valence-corrected chi connectivity index (χ0v) is 12.9. The third-order valence-corrected chi connectivity index (χ3v) is 3.94. The Morgan fingerprint density at radius 1 is 0.750 bits per heavy atom. The lowest BCUT2D eigenvalue weighted by Crippen LogP contribution is -2.35. The highest BCUT2D eigenvalue weighted by atomic mass is 16.2. The third-order valence-electron chi connectivity index (χ3n) is 3.94. The molecule has 0 bridgehead atoms. The number of Topliss-reactive ketones (excluding diaryl/α,β-unsaturated/α-hetero) is 2. The van der Waals surface area contributed by atoms with Gasteiger partial charge in [-0.25, -0.2) is 0 Å². The number of ketones is 2. The first-order valence-corrected chi connectivity index (χ1v) is 7.63. The number of carbonyl (C=O) groups excluding carboxylic acids is 4. The molecule has 5 heteroatoms. The first-order valence-electron chi connectivity index (χ1n) is 7.63. The van der Waals surface area contributed by atoms with Gasteiger partial charge in [0.25, 0.3) is 11.8 Å². The van der Waals surface area contributed by atoms with Gasteiger partial charge in [-0.2, -0.15) is 0 Å². The van der Waals surface area contributed by atoms with Crippen LogP contribution in [0.25, 0.3) is 0 Å². The van der Waals surface area contributed by atoms with Crippen molar-refractivity contribution in [1.82, 2.24) is 4.90 Å². The highest BCUT2D eigenvalue weighted by Gasteiger charge is 2.35. The van der Waals surface area contributed by atoms with E-state index < -0.39 is 11.8 Å². The largest absolute Gasteiger partial charge is 0.298 e. The van der Waals surface area contributed by atoms with Gasteiger partial charge in [-0.15, -0.1) is 0 Å². The third kappa shape index (κ3) is 3.01. The quantitative estimate of drug-likeness (QED) is 0.605. The standard InChI is InChI=1S/C19H15NO4/c21-14(10-11-17(22)13-6-2-1-3-7-13)12-20-18(23)15-8-4-5-9-16(15)19(20)24/h1-9H,10-12H2. The molecule has 0 saturated carbocycles. The van der Waals surface area contributed by atoms with E-state index in [2.05, 4.69) is 0 Å². The smallest absolute Gasteiger partial charge is 0.261 e. The molecule has 0 N–H and O–H groups in total. The number of rotatable bonds is 6. The SMILES string of the molecule is O=C(CCC(=O)c1ccccc1)CN1C(=O)c2ccccc2C1=O. The molecule has 2 aromatic rings. The zero-order valence-electron chi connectivity index (χ0n) is 12.9. The van der Waals surface area contributed by atoms with Crippen molar-refractivity contribution in [2.24, 2.45) is 0 Å². The minimum Gasteiger partial charge on any atom is -0.298 e. The molecule has 1 aliphatic heterocycles. The molecule has 0 spiro atoms. The maximum atomic E-state index is 12.2. The predicted octanol–water partition coefficient (Wildman–Crippen LogP) is 2.51. The van der Waals surface area contributed by atoms with E-state index in [4.69, 9.17) is 0 Å². The average Bonchev–Trinajstić information content (AvgIpc) is 2.86. The topological polar surface area (TPSA) is 71.5 Å². The molecule has 0 fully saturated rings. The minimum atomic E-state index is -0.460. The van der Waals surface area contributed by atoms with Gasteiger partial charge in [0.05, 0.1) is 17.7 Å². The Bertz CT molecular complexity index is 791. The lowest BCUT2D eigenvalue weighted by Gasteiger charge is -2.12. The molecule has 1 aliphatic rings. The summed E-state index contributed by atoms with van der Waals surface area (Å²) in [5.74, 6) is -1.36. The Morgan fingerprint density at radius 3 is 1.88 bits per heavy atom. The van der Waals surface area contributed by atoms with Crippen LogP contribution >= 0.6 is 0 Å². The van der Waals surface area contributed by atoms with E-state index in [0.717, 1.165) is 4.90 Å². The van der Waals surface area contributed by atoms with Gasteiger partial charge in [-0.3, -0.25) is 24.1 Å². The number of nitrogens with zero attached hydrogens (tertiary/aromatic N) is 1. The molecular weight excluding hydrogens is 306 g/mol. The fourth-order valence-electron chi connectivity index (χ4n) is 2.66. The van der Waals surface area contributed by atoms with Crippen molar-refractivity contribution < 1.29 is 19.2 Å². The van der Waals surface area contributed by atoms with Gasteiger partial charge >= 0.3 is 0 Å². The molecule has 2 amide bonds. The van der Waals surface area contributed by atoms with Crippen molar-refractivity contribution >= 4 is 23.4 Å². The predicted molar refractivity (Wildman–Crippen MR) is 86.8 cm³/mol. The summed E-state index contributed by atoms with van der Waals surface area (Å²) in [6, 6.07) is 15.2. The summed E-state index contributed by atoms with van der Waals surface area (Å²) < 4.78 is 0. The molecular formula is C19H15NO4. The van der Waals surface area contributed by atoms with Crippen LogP contribution in [0.15, 0.2) is 54.6 Å². The van der Waals surface area contributed by atoms with Crippen LogP contribution < -0.4 is 0 Å². The van der Waals surface area contributed by atoms with Crippen LogP contribution in [-0.2, 0) is 4.79 Å². The Balaban J connectivity index is 1.59. The first kappa shape index (κ1) is 15.8. The molecule has 0 unspecified atom stereocenters. The van der Waals surface area contributed by atoms with E-state index in [9.17, 15) is 19.2 Å². The normalized spacial score (nSPS) is 13.1. The summed E-state index contributed by atoms with van der Waals surface area (Å²) in [4.78, 5) is 49.4. The van der Waals surface area contributed by atoms with Gasteiger partial charge in [0.15, 0.2) is 11.6 Å². The van der Waals surface area contributed by atoms with Crippen LogP contribution in [0.5, 0.6) is 0 Å². The summed E-state index contributed by atoms with van der Waals surface area (Å²) >= 11 is 0. The van der Waals surface area contributed by atoms with Crippen molar-refractivity contribution in [1.29, 1.82) is 0 Å². The van der Waals surface area contributed by atoms with E-state index in [-0.39, 0.29) is 31.0 Å². The number of hydrogen-bond acceptors (Lipinski definition) is 4. The average molecular weight is 321 g/mol. The Morgan fingerprint density at radius 2 is 1.29 bits per heavy atom. The molecule has 0 aromatic heterocycles. The second-order valence-electron chi connectivity index (χ2n) is 5.57. The van der Waals surface area contributed by atoms with E-state index in [1.54, 1.807) is 48.5 Å². The van der Waals surface area contributed by atoms with Crippen LogP contribution in [-0.4, -0.2) is 34.8 Å². The number of fused-ring (bicyclic) bond motifs is 1. The lowest BCUT2D eigenvalue weighted by molar-refractivity contribution is -0.119. The summed E-state index contributed by atoms with van der Waals surface area (Å²) in [6.07, 6.45) is 0.0626. The van der Waals surface area contributed by atoms with Gasteiger partial charge in [0.1, 0.15) is 0 Å². The van der Waals surface area contributed by atoms with Crippen LogP contribution in [0.4, 0.5) is 0 Å². The highest BCUT2D eigenvalue weighted by Crippen LogP contribution is 2.22. The van der Waals surface area contributed by atoms with Crippen molar-refractivity contribution in [2.45, 2.75) is 12.8 Å². The molecule has 3 rings (SSSR count). The van der Waals surface area contributed by atoms with Crippen LogP contribution in [0.1, 0.15) is 43.9 Å². The molecule has 0 aliphatic carbocycles. The van der Waals surface area contributed by atoms with Crippen molar-refractivity contribution in [2.75, 3.05) is 6.54 Å². The second-order valence-corrected chi connectivity index (χ2v) is 5.57. The molecule has 0 radical (unpaired) electrons. The maximum Gasteiger partial charge on any atom is 0.261 e. The van der Waals surface area contributed by atoms with Crippen molar-refractivity contribution in [3.05, 3.63) is 71.3 Å². The summed E-state index contributed by atoms with van der Waals surface area (Å²) in [7, 11) is 0. The van der Waals surface area contributed by atoms with E-state index in [1.165, 1.54) is 0 Å². The van der Waals surface area contributed by atoms with Crippen LogP contribution in [0, 0.1) is 0 Å². The minimum absolute atomic E-state index is 0.00112. The monoisotopic (exact) mass is 321 g/mol. The Hall–Kier alpha value is -3.08. The van der Waals surface area contributed by atoms with Gasteiger partial charge in [0.2, 0.25) is 0 Å². The fourth-order valence-corrected chi connectivity index (χ4v) is 2.66. The molecule has 0 atom stereocenters. The highest BCUT2D eigenvalue weighted by molar-refractivity contribution is 6.22. The lowest BCUT2D eigenvalue weighted by atomic mass is 10.1. The zero-order chi connectivity index (χ0) is 17.1. The molecule has 24 heavy (non-hydrogen) atoms. The molecule has 120 valence electrons. The van der Waals surface area contributed by atoms with Gasteiger partial charge in [0, 0.05) is 18.4 Å². The van der Waals surface area contributed by atoms with Crippen LogP contribution in [0.2, 0.25) is 0 Å². The number of benzene rings is 2. The van der Waals surface area contributed by atoms with Crippen LogP contribution in [0.3, 0.4) is 0 Å². The summed E-state index contributed by atoms with van der Waals surface area (Å²) in [5.41, 5.74) is 1.18. The molecule has 2 aromatic carbocycles. The van der Waals surface area contributed by atoms with Gasteiger partial charge in [-0.1, -0.05) is 42.5 Å². The maximum absolute atomic E-state index is 12.2. The van der Waals surface area contributed by atoms with Gasteiger partial charge < -0.3 is 0 Å². The number of amides is 2. The molecule has 5 nitrogen and oxygen atoms in total. The molecule has 1 heterocycles. The summed E-state index contributed by atoms with van der Waals surface area (Å²) in [5, 5.41) is 0.